The number of nitrogens with zero attached hydrogens (tertiary/aromatic N) is 5. The average Bonchev–Trinajstić information content (AvgIpc) is 3.71. The van der Waals surface area contributed by atoms with Crippen LogP contribution in [0.25, 0.3) is 93.7 Å². The number of aryl methyl sites for hydroxylation is 4. The predicted molar refractivity (Wildman–Crippen MR) is 232 cm³/mol. The van der Waals surface area contributed by atoms with Crippen molar-refractivity contribution in [1.82, 2.24) is 19.1 Å². The van der Waals surface area contributed by atoms with E-state index in [1.807, 2.05) is 42.5 Å². The Morgan fingerprint density at radius 1 is 0.429 bits per heavy atom. The molecule has 0 saturated carbocycles. The standard InChI is InChI=1S/C51H37N5/c1-31-16-20-45-37(24-31)38-25-32(2)17-21-46(38)55(45)49-28-41(51-53-42(35-12-8-6-9-13-35)29-43(54-51)36-14-10-7-11-15-36)44(52-5)30-50(49)56-47-22-18-33(3)26-39(47)40-27-34(4)19-23-48(40)56/h6-30H,1-4H3. The molecule has 266 valence electrons. The Morgan fingerprint density at radius 2 is 0.804 bits per heavy atom. The third kappa shape index (κ3) is 5.38. The number of rotatable bonds is 5. The Labute approximate surface area is 325 Å². The molecule has 7 aromatic carbocycles. The molecule has 3 aromatic heterocycles. The summed E-state index contributed by atoms with van der Waals surface area (Å²) >= 11 is 0. The lowest BCUT2D eigenvalue weighted by molar-refractivity contribution is 1.09. The van der Waals surface area contributed by atoms with Crippen LogP contribution >= 0.6 is 0 Å². The molecule has 0 aliphatic rings. The van der Waals surface area contributed by atoms with E-state index in [4.69, 9.17) is 16.5 Å². The van der Waals surface area contributed by atoms with Crippen LogP contribution in [0.15, 0.2) is 152 Å². The summed E-state index contributed by atoms with van der Waals surface area (Å²) < 4.78 is 4.71. The summed E-state index contributed by atoms with van der Waals surface area (Å²) in [5.41, 5.74) is 15.7. The minimum absolute atomic E-state index is 0.481. The van der Waals surface area contributed by atoms with Crippen molar-refractivity contribution in [2.45, 2.75) is 27.7 Å². The highest BCUT2D eigenvalue weighted by molar-refractivity contribution is 6.12. The second-order valence-corrected chi connectivity index (χ2v) is 14.9. The van der Waals surface area contributed by atoms with Crippen LogP contribution in [-0.2, 0) is 0 Å². The van der Waals surface area contributed by atoms with Crippen molar-refractivity contribution in [3.8, 4) is 45.3 Å². The molecule has 0 N–H and O–H groups in total. The zero-order valence-corrected chi connectivity index (χ0v) is 31.7. The summed E-state index contributed by atoms with van der Waals surface area (Å²) in [5, 5.41) is 4.74. The Morgan fingerprint density at radius 3 is 1.18 bits per heavy atom. The number of fused-ring (bicyclic) bond motifs is 6. The van der Waals surface area contributed by atoms with Crippen LogP contribution < -0.4 is 0 Å². The van der Waals surface area contributed by atoms with E-state index in [1.165, 1.54) is 43.8 Å². The van der Waals surface area contributed by atoms with Crippen molar-refractivity contribution in [3.05, 3.63) is 185 Å². The summed E-state index contributed by atoms with van der Waals surface area (Å²) in [6, 6.07) is 53.4. The summed E-state index contributed by atoms with van der Waals surface area (Å²) in [7, 11) is 0. The lowest BCUT2D eigenvalue weighted by atomic mass is 10.0. The molecule has 0 bridgehead atoms. The summed E-state index contributed by atoms with van der Waals surface area (Å²) in [6.07, 6.45) is 0. The Bertz CT molecular complexity index is 3060. The van der Waals surface area contributed by atoms with E-state index in [-0.39, 0.29) is 0 Å². The summed E-state index contributed by atoms with van der Waals surface area (Å²) in [4.78, 5) is 14.7. The predicted octanol–water partition coefficient (Wildman–Crippen LogP) is 13.5. The summed E-state index contributed by atoms with van der Waals surface area (Å²) in [5.74, 6) is 0.505. The first kappa shape index (κ1) is 33.3. The van der Waals surface area contributed by atoms with Crippen LogP contribution in [0.4, 0.5) is 5.69 Å². The van der Waals surface area contributed by atoms with Crippen LogP contribution in [0.1, 0.15) is 22.3 Å². The third-order valence-electron chi connectivity index (χ3n) is 11.0. The third-order valence-corrected chi connectivity index (χ3v) is 11.0. The molecule has 0 atom stereocenters. The minimum Gasteiger partial charge on any atom is -0.308 e. The first-order valence-electron chi connectivity index (χ1n) is 18.9. The molecule has 5 nitrogen and oxygen atoms in total. The van der Waals surface area contributed by atoms with Gasteiger partial charge in [0.1, 0.15) is 5.82 Å². The van der Waals surface area contributed by atoms with Gasteiger partial charge in [-0.1, -0.05) is 107 Å². The van der Waals surface area contributed by atoms with Crippen LogP contribution in [-0.4, -0.2) is 19.1 Å². The first-order valence-corrected chi connectivity index (χ1v) is 18.9. The van der Waals surface area contributed by atoms with E-state index in [1.54, 1.807) is 0 Å². The van der Waals surface area contributed by atoms with Gasteiger partial charge in [0.25, 0.3) is 0 Å². The highest BCUT2D eigenvalue weighted by atomic mass is 15.1. The molecule has 0 aliphatic heterocycles. The van der Waals surface area contributed by atoms with Gasteiger partial charge >= 0.3 is 0 Å². The van der Waals surface area contributed by atoms with E-state index in [9.17, 15) is 0 Å². The van der Waals surface area contributed by atoms with Gasteiger partial charge in [-0.3, -0.25) is 0 Å². The van der Waals surface area contributed by atoms with Crippen LogP contribution in [0.5, 0.6) is 0 Å². The maximum absolute atomic E-state index is 8.68. The lowest BCUT2D eigenvalue weighted by Crippen LogP contribution is -2.05. The Kier molecular flexibility index (Phi) is 7.69. The quantitative estimate of drug-likeness (QED) is 0.166. The molecule has 10 rings (SSSR count). The van der Waals surface area contributed by atoms with Crippen molar-refractivity contribution in [1.29, 1.82) is 0 Å². The fraction of sp³-hybridized carbons (Fsp3) is 0.0784. The highest BCUT2D eigenvalue weighted by Crippen LogP contribution is 2.43. The van der Waals surface area contributed by atoms with E-state index in [0.29, 0.717) is 17.1 Å². The molecule has 3 heterocycles. The average molecular weight is 720 g/mol. The van der Waals surface area contributed by atoms with E-state index in [2.05, 4.69) is 151 Å². The normalized spacial score (nSPS) is 11.6. The van der Waals surface area contributed by atoms with E-state index >= 15 is 0 Å². The SMILES string of the molecule is [C-]#[N+]c1cc(-n2c3ccc(C)cc3c3cc(C)ccc32)c(-n2c3ccc(C)cc3c3cc(C)ccc32)cc1-c1nc(-c2ccccc2)cc(-c2ccccc2)n1. The van der Waals surface area contributed by atoms with Gasteiger partial charge < -0.3 is 9.13 Å². The number of hydrogen-bond acceptors (Lipinski definition) is 2. The van der Waals surface area contributed by atoms with Crippen molar-refractivity contribution in [2.75, 3.05) is 0 Å². The van der Waals surface area contributed by atoms with Gasteiger partial charge in [-0.15, -0.1) is 0 Å². The molecule has 56 heavy (non-hydrogen) atoms. The topological polar surface area (TPSA) is 40.0 Å². The molecule has 5 heteroatoms. The smallest absolute Gasteiger partial charge is 0.200 e. The van der Waals surface area contributed by atoms with Gasteiger partial charge in [-0.2, -0.15) is 0 Å². The number of hydrogen-bond donors (Lipinski definition) is 0. The zero-order chi connectivity index (χ0) is 38.1. The molecule has 0 unspecified atom stereocenters. The second-order valence-electron chi connectivity index (χ2n) is 14.9. The van der Waals surface area contributed by atoms with Gasteiger partial charge in [0, 0.05) is 38.2 Å². The monoisotopic (exact) mass is 719 g/mol. The van der Waals surface area contributed by atoms with Gasteiger partial charge in [0.05, 0.1) is 51.4 Å². The molecule has 0 amide bonds. The fourth-order valence-corrected chi connectivity index (χ4v) is 8.30. The van der Waals surface area contributed by atoms with Gasteiger partial charge in [-0.05, 0) is 94.4 Å². The molecule has 0 spiro atoms. The Hall–Kier alpha value is -7.29. The Balaban J connectivity index is 1.36. The van der Waals surface area contributed by atoms with E-state index in [0.717, 1.165) is 56.0 Å². The van der Waals surface area contributed by atoms with Gasteiger partial charge in [0.15, 0.2) is 5.69 Å². The van der Waals surface area contributed by atoms with Crippen molar-refractivity contribution in [2.24, 2.45) is 0 Å². The highest BCUT2D eigenvalue weighted by Gasteiger charge is 2.24. The molecular formula is C51H37N5. The molecule has 0 fully saturated rings. The molecule has 0 aliphatic carbocycles. The van der Waals surface area contributed by atoms with E-state index < -0.39 is 0 Å². The lowest BCUT2D eigenvalue weighted by Gasteiger charge is -2.20. The first-order chi connectivity index (χ1) is 27.3. The zero-order valence-electron chi connectivity index (χ0n) is 31.7. The number of benzene rings is 7. The van der Waals surface area contributed by atoms with Crippen molar-refractivity contribution < 1.29 is 0 Å². The molecule has 10 aromatic rings. The van der Waals surface area contributed by atoms with Crippen molar-refractivity contribution in [3.63, 3.8) is 0 Å². The van der Waals surface area contributed by atoms with Crippen LogP contribution in [0, 0.1) is 34.3 Å². The maximum Gasteiger partial charge on any atom is 0.200 e. The minimum atomic E-state index is 0.481. The molecule has 0 saturated heterocycles. The van der Waals surface area contributed by atoms with Gasteiger partial charge in [0.2, 0.25) is 0 Å². The second kappa shape index (κ2) is 12.9. The maximum atomic E-state index is 8.68. The van der Waals surface area contributed by atoms with Crippen molar-refractivity contribution >= 4 is 49.3 Å². The van der Waals surface area contributed by atoms with Crippen LogP contribution in [0.2, 0.25) is 0 Å². The molecule has 0 radical (unpaired) electrons. The van der Waals surface area contributed by atoms with Crippen LogP contribution in [0.3, 0.4) is 0 Å². The largest absolute Gasteiger partial charge is 0.308 e. The number of aromatic nitrogens is 4. The van der Waals surface area contributed by atoms with Gasteiger partial charge in [-0.25, -0.2) is 14.8 Å². The molecular weight excluding hydrogens is 683 g/mol. The summed E-state index contributed by atoms with van der Waals surface area (Å²) in [6.45, 7) is 17.3. The fourth-order valence-electron chi connectivity index (χ4n) is 8.30.